The molecule has 4 heteroatoms. The van der Waals surface area contributed by atoms with Crippen LogP contribution in [0.25, 0.3) is 11.0 Å². The van der Waals surface area contributed by atoms with E-state index in [1.54, 1.807) is 0 Å². The van der Waals surface area contributed by atoms with Crippen molar-refractivity contribution in [1.82, 2.24) is 15.2 Å². The molecule has 4 nitrogen and oxygen atoms in total. The summed E-state index contributed by atoms with van der Waals surface area (Å²) in [6.07, 6.45) is 5.41. The third kappa shape index (κ3) is 1.21. The summed E-state index contributed by atoms with van der Waals surface area (Å²) >= 11 is 0. The Morgan fingerprint density at radius 3 is 3.27 bits per heavy atom. The number of nitrogens with one attached hydrogen (secondary N) is 1. The van der Waals surface area contributed by atoms with Gasteiger partial charge in [-0.1, -0.05) is 6.92 Å². The van der Waals surface area contributed by atoms with E-state index in [0.717, 1.165) is 29.8 Å². The second kappa shape index (κ2) is 2.95. The topological polar surface area (TPSA) is 67.6 Å². The normalized spacial score (nSPS) is 20.5. The third-order valence-corrected chi connectivity index (χ3v) is 3.27. The number of anilines is 1. The summed E-state index contributed by atoms with van der Waals surface area (Å²) in [5.41, 5.74) is 9.33. The van der Waals surface area contributed by atoms with Crippen LogP contribution in [0.3, 0.4) is 0 Å². The Kier molecular flexibility index (Phi) is 1.71. The number of H-pyrrole nitrogens is 1. The van der Waals surface area contributed by atoms with Crippen LogP contribution >= 0.6 is 0 Å². The van der Waals surface area contributed by atoms with E-state index in [1.165, 1.54) is 17.5 Å². The SMILES string of the molecule is CC1CCc2cnc3n[nH]c(N)c3c2C1. The number of fused-ring (bicyclic) bond motifs is 3. The predicted molar refractivity (Wildman–Crippen MR) is 59.5 cm³/mol. The first-order chi connectivity index (χ1) is 7.25. The van der Waals surface area contributed by atoms with E-state index in [4.69, 9.17) is 5.73 Å². The van der Waals surface area contributed by atoms with Crippen molar-refractivity contribution < 1.29 is 0 Å². The fourth-order valence-corrected chi connectivity index (χ4v) is 2.41. The average molecular weight is 202 g/mol. The Hall–Kier alpha value is -1.58. The van der Waals surface area contributed by atoms with Crippen molar-refractivity contribution in [2.45, 2.75) is 26.2 Å². The van der Waals surface area contributed by atoms with Crippen molar-refractivity contribution in [1.29, 1.82) is 0 Å². The smallest absolute Gasteiger partial charge is 0.183 e. The van der Waals surface area contributed by atoms with Gasteiger partial charge in [-0.2, -0.15) is 5.10 Å². The molecular weight excluding hydrogens is 188 g/mol. The molecule has 3 N–H and O–H groups in total. The summed E-state index contributed by atoms with van der Waals surface area (Å²) in [6.45, 7) is 2.28. The highest BCUT2D eigenvalue weighted by Gasteiger charge is 2.20. The van der Waals surface area contributed by atoms with Crippen LogP contribution in [0.5, 0.6) is 0 Å². The molecule has 0 amide bonds. The standard InChI is InChI=1S/C11H14N4/c1-6-2-3-7-5-13-11-9(8(7)4-6)10(12)14-15-11/h5-6H,2-4H2,1H3,(H3,12,13,14,15). The number of pyridine rings is 1. The molecular formula is C11H14N4. The van der Waals surface area contributed by atoms with Gasteiger partial charge in [-0.25, -0.2) is 4.98 Å². The monoisotopic (exact) mass is 202 g/mol. The molecule has 78 valence electrons. The van der Waals surface area contributed by atoms with E-state index in [-0.39, 0.29) is 0 Å². The Labute approximate surface area is 87.9 Å². The first-order valence-electron chi connectivity index (χ1n) is 5.36. The van der Waals surface area contributed by atoms with E-state index in [9.17, 15) is 0 Å². The van der Waals surface area contributed by atoms with E-state index in [2.05, 4.69) is 22.1 Å². The largest absolute Gasteiger partial charge is 0.384 e. The highest BCUT2D eigenvalue weighted by molar-refractivity contribution is 5.90. The van der Waals surface area contributed by atoms with Gasteiger partial charge in [-0.3, -0.25) is 5.10 Å². The van der Waals surface area contributed by atoms with Gasteiger partial charge in [0.15, 0.2) is 5.65 Å². The second-order valence-electron chi connectivity index (χ2n) is 4.45. The van der Waals surface area contributed by atoms with Gasteiger partial charge in [0, 0.05) is 6.20 Å². The lowest BCUT2D eigenvalue weighted by molar-refractivity contribution is 0.503. The van der Waals surface area contributed by atoms with Crippen molar-refractivity contribution in [3.05, 3.63) is 17.3 Å². The lowest BCUT2D eigenvalue weighted by atomic mass is 9.84. The zero-order valence-electron chi connectivity index (χ0n) is 8.75. The Balaban J connectivity index is 2.31. The molecule has 0 saturated carbocycles. The number of rotatable bonds is 0. The Bertz CT molecular complexity index is 515. The van der Waals surface area contributed by atoms with E-state index < -0.39 is 0 Å². The van der Waals surface area contributed by atoms with Gasteiger partial charge < -0.3 is 5.73 Å². The molecule has 3 rings (SSSR count). The van der Waals surface area contributed by atoms with Gasteiger partial charge in [-0.15, -0.1) is 0 Å². The molecule has 1 unspecified atom stereocenters. The van der Waals surface area contributed by atoms with Crippen LogP contribution < -0.4 is 5.73 Å². The number of aromatic nitrogens is 3. The van der Waals surface area contributed by atoms with Crippen LogP contribution in [0.1, 0.15) is 24.5 Å². The maximum Gasteiger partial charge on any atom is 0.183 e. The van der Waals surface area contributed by atoms with Gasteiger partial charge >= 0.3 is 0 Å². The fourth-order valence-electron chi connectivity index (χ4n) is 2.41. The summed E-state index contributed by atoms with van der Waals surface area (Å²) in [5.74, 6) is 1.39. The molecule has 2 aromatic heterocycles. The van der Waals surface area contributed by atoms with Crippen molar-refractivity contribution in [3.63, 3.8) is 0 Å². The highest BCUT2D eigenvalue weighted by atomic mass is 15.2. The number of nitrogens with zero attached hydrogens (tertiary/aromatic N) is 2. The molecule has 0 aliphatic heterocycles. The maximum absolute atomic E-state index is 5.89. The first kappa shape index (κ1) is 8.71. The Morgan fingerprint density at radius 2 is 2.40 bits per heavy atom. The quantitative estimate of drug-likeness (QED) is 0.682. The summed E-state index contributed by atoms with van der Waals surface area (Å²) in [4.78, 5) is 4.32. The van der Waals surface area contributed by atoms with Crippen LogP contribution in [0.2, 0.25) is 0 Å². The van der Waals surface area contributed by atoms with Crippen LogP contribution in [0, 0.1) is 5.92 Å². The van der Waals surface area contributed by atoms with Gasteiger partial charge in [0.05, 0.1) is 5.39 Å². The number of nitrogen functional groups attached to an aromatic ring is 1. The van der Waals surface area contributed by atoms with Crippen molar-refractivity contribution in [2.24, 2.45) is 5.92 Å². The molecule has 1 atom stereocenters. The molecule has 0 aromatic carbocycles. The molecule has 1 aliphatic carbocycles. The summed E-state index contributed by atoms with van der Waals surface area (Å²) < 4.78 is 0. The zero-order chi connectivity index (χ0) is 10.4. The van der Waals surface area contributed by atoms with E-state index >= 15 is 0 Å². The lowest BCUT2D eigenvalue weighted by Gasteiger charge is -2.21. The second-order valence-corrected chi connectivity index (χ2v) is 4.45. The van der Waals surface area contributed by atoms with Crippen molar-refractivity contribution in [2.75, 3.05) is 5.73 Å². The van der Waals surface area contributed by atoms with Crippen LogP contribution in [-0.4, -0.2) is 15.2 Å². The Morgan fingerprint density at radius 1 is 1.53 bits per heavy atom. The molecule has 0 fully saturated rings. The molecule has 2 heterocycles. The fraction of sp³-hybridized carbons (Fsp3) is 0.455. The van der Waals surface area contributed by atoms with Crippen LogP contribution in [-0.2, 0) is 12.8 Å². The molecule has 0 spiro atoms. The summed E-state index contributed by atoms with van der Waals surface area (Å²) in [7, 11) is 0. The van der Waals surface area contributed by atoms with E-state index in [0.29, 0.717) is 5.82 Å². The van der Waals surface area contributed by atoms with Crippen molar-refractivity contribution >= 4 is 16.9 Å². The van der Waals surface area contributed by atoms with Gasteiger partial charge in [0.25, 0.3) is 0 Å². The molecule has 0 saturated heterocycles. The van der Waals surface area contributed by atoms with Crippen molar-refractivity contribution in [3.8, 4) is 0 Å². The van der Waals surface area contributed by atoms with E-state index in [1.807, 2.05) is 6.20 Å². The predicted octanol–water partition coefficient (Wildman–Crippen LogP) is 1.66. The summed E-state index contributed by atoms with van der Waals surface area (Å²) in [5, 5.41) is 7.94. The van der Waals surface area contributed by atoms with Gasteiger partial charge in [-0.05, 0) is 36.3 Å². The molecule has 15 heavy (non-hydrogen) atoms. The molecule has 0 bridgehead atoms. The minimum absolute atomic E-state index is 0.656. The minimum atomic E-state index is 0.656. The number of nitrogens with two attached hydrogens (primary N) is 1. The van der Waals surface area contributed by atoms with Crippen LogP contribution in [0.4, 0.5) is 5.82 Å². The number of aryl methyl sites for hydroxylation is 1. The third-order valence-electron chi connectivity index (χ3n) is 3.27. The number of aromatic amines is 1. The van der Waals surface area contributed by atoms with Gasteiger partial charge in [0.1, 0.15) is 5.82 Å². The zero-order valence-corrected chi connectivity index (χ0v) is 8.75. The minimum Gasteiger partial charge on any atom is -0.384 e. The number of hydrogen-bond acceptors (Lipinski definition) is 3. The van der Waals surface area contributed by atoms with Crippen LogP contribution in [0.15, 0.2) is 6.20 Å². The highest BCUT2D eigenvalue weighted by Crippen LogP contribution is 2.31. The number of hydrogen-bond donors (Lipinski definition) is 2. The maximum atomic E-state index is 5.89. The lowest BCUT2D eigenvalue weighted by Crippen LogP contribution is -2.12. The first-order valence-corrected chi connectivity index (χ1v) is 5.36. The molecule has 1 aliphatic rings. The van der Waals surface area contributed by atoms with Gasteiger partial charge in [0.2, 0.25) is 0 Å². The average Bonchev–Trinajstić information content (AvgIpc) is 2.60. The summed E-state index contributed by atoms with van der Waals surface area (Å²) in [6, 6.07) is 0. The molecule has 2 aromatic rings. The molecule has 0 radical (unpaired) electrons.